The fourth-order valence-corrected chi connectivity index (χ4v) is 4.42. The zero-order valence-electron chi connectivity index (χ0n) is 9.79. The van der Waals surface area contributed by atoms with Crippen molar-refractivity contribution in [3.05, 3.63) is 0 Å². The minimum Gasteiger partial charge on any atom is -0.142 e. The molecule has 0 aromatic carbocycles. The summed E-state index contributed by atoms with van der Waals surface area (Å²) < 4.78 is 17.3. The van der Waals surface area contributed by atoms with Gasteiger partial charge in [0.05, 0.1) is 0 Å². The molecule has 1 unspecified atom stereocenters. The average molecular weight is 264 g/mol. The molecule has 0 heterocycles. The van der Waals surface area contributed by atoms with E-state index < -0.39 is 12.6 Å². The van der Waals surface area contributed by atoms with E-state index in [2.05, 4.69) is 0 Å². The number of halogens is 1. The molecule has 0 aliphatic heterocycles. The van der Waals surface area contributed by atoms with Crippen LogP contribution in [-0.2, 0) is 9.09 Å². The molecular formula is C12H21ClO2P+. The summed E-state index contributed by atoms with van der Waals surface area (Å²) in [5, 5.41) is 0. The van der Waals surface area contributed by atoms with Crippen molar-refractivity contribution in [2.75, 3.05) is 0 Å². The minimum absolute atomic E-state index is 0.204. The SMILES string of the molecule is O=[P+](OC1CCCCC1)C1(Cl)CCCCC1. The first kappa shape index (κ1) is 12.8. The first-order chi connectivity index (χ1) is 7.71. The summed E-state index contributed by atoms with van der Waals surface area (Å²) in [6, 6.07) is 0. The third-order valence-corrected chi connectivity index (χ3v) is 6.13. The van der Waals surface area contributed by atoms with Crippen molar-refractivity contribution >= 4 is 19.6 Å². The summed E-state index contributed by atoms with van der Waals surface area (Å²) in [5.41, 5.74) is 0. The Labute approximate surface area is 104 Å². The largest absolute Gasteiger partial charge is 0.531 e. The Hall–Kier alpha value is 0.350. The van der Waals surface area contributed by atoms with E-state index in [0.29, 0.717) is 0 Å². The third kappa shape index (κ3) is 3.18. The van der Waals surface area contributed by atoms with Crippen molar-refractivity contribution in [2.24, 2.45) is 0 Å². The molecule has 0 spiro atoms. The van der Waals surface area contributed by atoms with E-state index in [1.807, 2.05) is 0 Å². The van der Waals surface area contributed by atoms with E-state index in [9.17, 15) is 4.57 Å². The van der Waals surface area contributed by atoms with Gasteiger partial charge in [0, 0.05) is 12.8 Å². The summed E-state index contributed by atoms with van der Waals surface area (Å²) in [7, 11) is -1.69. The van der Waals surface area contributed by atoms with Gasteiger partial charge in [0.15, 0.2) is 0 Å². The second-order valence-corrected chi connectivity index (χ2v) is 7.67. The van der Waals surface area contributed by atoms with Crippen molar-refractivity contribution < 1.29 is 9.09 Å². The lowest BCUT2D eigenvalue weighted by molar-refractivity contribution is 0.160. The maximum absolute atomic E-state index is 12.2. The average Bonchev–Trinajstić information content (AvgIpc) is 2.31. The van der Waals surface area contributed by atoms with Crippen molar-refractivity contribution in [3.63, 3.8) is 0 Å². The molecule has 1 atom stereocenters. The van der Waals surface area contributed by atoms with E-state index in [4.69, 9.17) is 16.1 Å². The van der Waals surface area contributed by atoms with Crippen LogP contribution in [0.15, 0.2) is 0 Å². The lowest BCUT2D eigenvalue weighted by Gasteiger charge is -2.23. The van der Waals surface area contributed by atoms with Gasteiger partial charge < -0.3 is 0 Å². The third-order valence-electron chi connectivity index (χ3n) is 3.74. The fraction of sp³-hybridized carbons (Fsp3) is 1.00. The van der Waals surface area contributed by atoms with Crippen LogP contribution >= 0.6 is 19.6 Å². The van der Waals surface area contributed by atoms with Crippen molar-refractivity contribution in [3.8, 4) is 0 Å². The van der Waals surface area contributed by atoms with Crippen LogP contribution in [0.5, 0.6) is 0 Å². The highest BCUT2D eigenvalue weighted by Gasteiger charge is 2.51. The van der Waals surface area contributed by atoms with Gasteiger partial charge in [-0.1, -0.05) is 37.3 Å². The molecule has 4 heteroatoms. The van der Waals surface area contributed by atoms with Crippen LogP contribution in [0.25, 0.3) is 0 Å². The number of alkyl halides is 1. The maximum Gasteiger partial charge on any atom is 0.531 e. The lowest BCUT2D eigenvalue weighted by atomic mass is 9.98. The Balaban J connectivity index is 1.85. The van der Waals surface area contributed by atoms with Gasteiger partial charge in [-0.05, 0) is 30.2 Å². The van der Waals surface area contributed by atoms with Crippen molar-refractivity contribution in [1.82, 2.24) is 0 Å². The quantitative estimate of drug-likeness (QED) is 0.530. The lowest BCUT2D eigenvalue weighted by Crippen LogP contribution is -2.23. The van der Waals surface area contributed by atoms with Gasteiger partial charge in [-0.25, -0.2) is 0 Å². The summed E-state index contributed by atoms with van der Waals surface area (Å²) in [5.74, 6) is 0. The number of hydrogen-bond donors (Lipinski definition) is 0. The molecule has 2 rings (SSSR count). The van der Waals surface area contributed by atoms with Gasteiger partial charge in [0.2, 0.25) is 0 Å². The number of hydrogen-bond acceptors (Lipinski definition) is 2. The predicted octanol–water partition coefficient (Wildman–Crippen LogP) is 4.98. The molecule has 0 saturated heterocycles. The van der Waals surface area contributed by atoms with Gasteiger partial charge in [0.1, 0.15) is 6.10 Å². The van der Waals surface area contributed by atoms with Crippen LogP contribution in [-0.4, -0.2) is 10.7 Å². The fourth-order valence-electron chi connectivity index (χ4n) is 2.68. The van der Waals surface area contributed by atoms with Crippen molar-refractivity contribution in [1.29, 1.82) is 0 Å². The molecule has 2 aliphatic carbocycles. The highest BCUT2D eigenvalue weighted by molar-refractivity contribution is 7.43. The van der Waals surface area contributed by atoms with Crippen LogP contribution in [0.4, 0.5) is 0 Å². The molecule has 0 bridgehead atoms. The molecule has 0 aromatic heterocycles. The van der Waals surface area contributed by atoms with E-state index in [0.717, 1.165) is 38.5 Å². The van der Waals surface area contributed by atoms with Gasteiger partial charge in [-0.15, -0.1) is 4.52 Å². The van der Waals surface area contributed by atoms with E-state index in [-0.39, 0.29) is 6.10 Å². The topological polar surface area (TPSA) is 26.3 Å². The summed E-state index contributed by atoms with van der Waals surface area (Å²) in [6.45, 7) is 0. The normalized spacial score (nSPS) is 27.7. The minimum atomic E-state index is -1.69. The molecule has 92 valence electrons. The molecule has 2 nitrogen and oxygen atoms in total. The first-order valence-corrected chi connectivity index (χ1v) is 8.09. The Morgan fingerprint density at radius 3 is 2.19 bits per heavy atom. The molecule has 2 aliphatic rings. The molecule has 0 radical (unpaired) electrons. The molecule has 2 fully saturated rings. The zero-order chi connectivity index (χ0) is 11.4. The maximum atomic E-state index is 12.2. The summed E-state index contributed by atoms with van der Waals surface area (Å²) in [6.07, 6.45) is 11.2. The molecular weight excluding hydrogens is 243 g/mol. The molecule has 2 saturated carbocycles. The van der Waals surface area contributed by atoms with Gasteiger partial charge in [-0.3, -0.25) is 0 Å². The zero-order valence-corrected chi connectivity index (χ0v) is 11.4. The second kappa shape index (κ2) is 5.80. The monoisotopic (exact) mass is 263 g/mol. The standard InChI is InChI=1S/C12H21ClO2P/c13-12(9-5-2-6-10-12)16(14)15-11-7-3-1-4-8-11/h11H,1-10H2/q+1. The Morgan fingerprint density at radius 2 is 1.56 bits per heavy atom. The summed E-state index contributed by atoms with van der Waals surface area (Å²) >= 11 is 6.44. The van der Waals surface area contributed by atoms with Gasteiger partial charge in [0.25, 0.3) is 4.62 Å². The van der Waals surface area contributed by atoms with E-state index in [1.165, 1.54) is 25.7 Å². The highest BCUT2D eigenvalue weighted by Crippen LogP contribution is 2.53. The summed E-state index contributed by atoms with van der Waals surface area (Å²) in [4.78, 5) is 0. The van der Waals surface area contributed by atoms with Crippen LogP contribution in [0, 0.1) is 0 Å². The highest BCUT2D eigenvalue weighted by atomic mass is 35.5. The molecule has 0 N–H and O–H groups in total. The first-order valence-electron chi connectivity index (χ1n) is 6.54. The van der Waals surface area contributed by atoms with E-state index in [1.54, 1.807) is 0 Å². The van der Waals surface area contributed by atoms with Crippen LogP contribution < -0.4 is 0 Å². The number of rotatable bonds is 3. The van der Waals surface area contributed by atoms with Crippen molar-refractivity contribution in [2.45, 2.75) is 74.9 Å². The molecule has 0 amide bonds. The second-order valence-electron chi connectivity index (χ2n) is 5.10. The smallest absolute Gasteiger partial charge is 0.142 e. The van der Waals surface area contributed by atoms with Gasteiger partial charge >= 0.3 is 8.03 Å². The van der Waals surface area contributed by atoms with Crippen LogP contribution in [0.2, 0.25) is 0 Å². The molecule has 0 aromatic rings. The Kier molecular flexibility index (Phi) is 4.64. The van der Waals surface area contributed by atoms with Gasteiger partial charge in [-0.2, -0.15) is 0 Å². The van der Waals surface area contributed by atoms with Crippen LogP contribution in [0.3, 0.4) is 0 Å². The van der Waals surface area contributed by atoms with Crippen LogP contribution in [0.1, 0.15) is 64.2 Å². The Morgan fingerprint density at radius 1 is 1.00 bits per heavy atom. The van der Waals surface area contributed by atoms with E-state index >= 15 is 0 Å². The molecule has 16 heavy (non-hydrogen) atoms. The Bertz CT molecular complexity index is 245. The predicted molar refractivity (Wildman–Crippen MR) is 67.2 cm³/mol.